The van der Waals surface area contributed by atoms with E-state index < -0.39 is 76.6 Å². The third-order valence-corrected chi connectivity index (χ3v) is 8.96. The van der Waals surface area contributed by atoms with Crippen molar-refractivity contribution in [1.29, 1.82) is 0 Å². The van der Waals surface area contributed by atoms with Crippen molar-refractivity contribution in [3.8, 4) is 0 Å². The number of aromatic amines is 2. The van der Waals surface area contributed by atoms with E-state index in [0.717, 1.165) is 0 Å². The summed E-state index contributed by atoms with van der Waals surface area (Å²) in [6, 6.07) is 1.19. The molecule has 216 valence electrons. The van der Waals surface area contributed by atoms with Crippen LogP contribution in [-0.4, -0.2) is 83.1 Å². The molecule has 15 nitrogen and oxygen atoms in total. The maximum absolute atomic E-state index is 13.3. The fourth-order valence-corrected chi connectivity index (χ4v) is 7.30. The fourth-order valence-electron chi connectivity index (χ4n) is 5.90. The Balaban J connectivity index is 1.33. The van der Waals surface area contributed by atoms with E-state index in [9.17, 15) is 29.1 Å². The number of hydrogen-bond acceptors (Lipinski definition) is 11. The third-order valence-electron chi connectivity index (χ3n) is 7.63. The second kappa shape index (κ2) is 9.81. The Morgan fingerprint density at radius 1 is 1.02 bits per heavy atom. The molecule has 8 atom stereocenters. The van der Waals surface area contributed by atoms with Crippen molar-refractivity contribution < 1.29 is 28.8 Å². The predicted molar refractivity (Wildman–Crippen MR) is 137 cm³/mol. The van der Waals surface area contributed by atoms with Crippen molar-refractivity contribution in [2.45, 2.75) is 75.3 Å². The molecule has 2 aromatic rings. The van der Waals surface area contributed by atoms with Gasteiger partial charge in [0.15, 0.2) is 18.2 Å². The molecule has 0 radical (unpaired) electrons. The van der Waals surface area contributed by atoms with Crippen LogP contribution >= 0.6 is 11.8 Å². The lowest BCUT2D eigenvalue weighted by molar-refractivity contribution is -0.219. The first-order valence-electron chi connectivity index (χ1n) is 12.8. The average Bonchev–Trinajstić information content (AvgIpc) is 3.63. The van der Waals surface area contributed by atoms with Crippen molar-refractivity contribution >= 4 is 17.7 Å². The summed E-state index contributed by atoms with van der Waals surface area (Å²) < 4.78 is 27.1. The SMILES string of the molecule is Cc1cn([C@H]2C[C@H]([C@H]3SCC(=O)N3[C@H]3O[C@@H](n4ccc(=O)[nH]c4=O)[C@@H]4OC(C)(C)O[C@@H]43)[C@@H](CO)O2)c(=O)[nH]c1=O. The number of carbonyl (C=O) groups is 1. The molecule has 0 aromatic carbocycles. The number of nitrogens with zero attached hydrogens (tertiary/aromatic N) is 3. The van der Waals surface area contributed by atoms with Crippen molar-refractivity contribution in [2.24, 2.45) is 5.92 Å². The third kappa shape index (κ3) is 4.48. The number of carbonyl (C=O) groups excluding carboxylic acids is 1. The molecule has 4 aliphatic heterocycles. The lowest BCUT2D eigenvalue weighted by Gasteiger charge is -2.36. The lowest BCUT2D eigenvalue weighted by atomic mass is 9.99. The van der Waals surface area contributed by atoms with Crippen molar-refractivity contribution in [3.05, 3.63) is 65.7 Å². The zero-order chi connectivity index (χ0) is 28.5. The van der Waals surface area contributed by atoms with Crippen LogP contribution in [0.2, 0.25) is 0 Å². The Morgan fingerprint density at radius 3 is 2.42 bits per heavy atom. The molecule has 4 aliphatic rings. The summed E-state index contributed by atoms with van der Waals surface area (Å²) >= 11 is 1.35. The minimum absolute atomic E-state index is 0.131. The summed E-state index contributed by atoms with van der Waals surface area (Å²) in [4.78, 5) is 68.0. The van der Waals surface area contributed by atoms with Crippen LogP contribution in [0.5, 0.6) is 0 Å². The molecular formula is C24H29N5O10S. The van der Waals surface area contributed by atoms with Gasteiger partial charge in [-0.3, -0.25) is 33.5 Å². The largest absolute Gasteiger partial charge is 0.394 e. The molecule has 1 amide bonds. The van der Waals surface area contributed by atoms with Gasteiger partial charge in [0.25, 0.3) is 11.1 Å². The number of hydrogen-bond donors (Lipinski definition) is 3. The summed E-state index contributed by atoms with van der Waals surface area (Å²) in [6.45, 7) is 4.64. The molecule has 0 spiro atoms. The number of amides is 1. The molecule has 0 aliphatic carbocycles. The highest BCUT2D eigenvalue weighted by molar-refractivity contribution is 8.01. The van der Waals surface area contributed by atoms with Crippen molar-refractivity contribution in [3.63, 3.8) is 0 Å². The van der Waals surface area contributed by atoms with Gasteiger partial charge in [0.05, 0.1) is 23.8 Å². The van der Waals surface area contributed by atoms with Gasteiger partial charge in [-0.25, -0.2) is 9.59 Å². The summed E-state index contributed by atoms with van der Waals surface area (Å²) in [6.07, 6.45) is -2.01. The Kier molecular flexibility index (Phi) is 6.66. The molecule has 6 rings (SSSR count). The first kappa shape index (κ1) is 27.2. The monoisotopic (exact) mass is 579 g/mol. The van der Waals surface area contributed by atoms with E-state index in [1.165, 1.54) is 39.4 Å². The Morgan fingerprint density at radius 2 is 1.73 bits per heavy atom. The average molecular weight is 580 g/mol. The maximum atomic E-state index is 13.3. The van der Waals surface area contributed by atoms with Gasteiger partial charge in [0, 0.05) is 36.4 Å². The first-order chi connectivity index (χ1) is 19.0. The van der Waals surface area contributed by atoms with E-state index in [-0.39, 0.29) is 24.7 Å². The Bertz CT molecular complexity index is 1560. The maximum Gasteiger partial charge on any atom is 0.330 e. The van der Waals surface area contributed by atoms with Crippen LogP contribution in [-0.2, 0) is 23.7 Å². The highest BCUT2D eigenvalue weighted by atomic mass is 32.2. The zero-order valence-corrected chi connectivity index (χ0v) is 22.7. The second-order valence-corrected chi connectivity index (χ2v) is 11.8. The van der Waals surface area contributed by atoms with Crippen LogP contribution in [0.4, 0.5) is 0 Å². The lowest BCUT2D eigenvalue weighted by Crippen LogP contribution is -2.51. The molecule has 0 unspecified atom stereocenters. The van der Waals surface area contributed by atoms with Gasteiger partial charge in [0.2, 0.25) is 5.91 Å². The standard InChI is InChI=1S/C24H29N5O10S/c1-10-7-28(23(35)26-18(10)33)15-6-11(12(8-30)36-15)21-29(14(32)9-40-21)20-17-16(38-24(2,3)39-17)19(37-20)27-5-4-13(31)25-22(27)34/h4-5,7,11-12,15-17,19-21,30H,6,8-9H2,1-3H3,(H,25,31,34)(H,26,33,35)/t11-,12+,15+,16+,17-,19+,20-,21+/m0/s1. The number of nitrogens with one attached hydrogen (secondary N) is 2. The van der Waals surface area contributed by atoms with Gasteiger partial charge in [-0.15, -0.1) is 11.8 Å². The summed E-state index contributed by atoms with van der Waals surface area (Å²) in [5, 5.41) is 9.65. The highest BCUT2D eigenvalue weighted by Crippen LogP contribution is 2.49. The van der Waals surface area contributed by atoms with Crippen LogP contribution < -0.4 is 22.5 Å². The highest BCUT2D eigenvalue weighted by Gasteiger charge is 2.61. The molecule has 4 saturated heterocycles. The van der Waals surface area contributed by atoms with Gasteiger partial charge in [-0.1, -0.05) is 0 Å². The van der Waals surface area contributed by atoms with Crippen molar-refractivity contribution in [2.75, 3.05) is 12.4 Å². The predicted octanol–water partition coefficient (Wildman–Crippen LogP) is -1.43. The van der Waals surface area contributed by atoms with E-state index in [1.54, 1.807) is 25.7 Å². The van der Waals surface area contributed by atoms with Crippen molar-refractivity contribution in [1.82, 2.24) is 24.0 Å². The van der Waals surface area contributed by atoms with Crippen LogP contribution in [0.1, 0.15) is 38.3 Å². The van der Waals surface area contributed by atoms with Gasteiger partial charge >= 0.3 is 11.4 Å². The van der Waals surface area contributed by atoms with Gasteiger partial charge in [0.1, 0.15) is 18.4 Å². The Labute approximate surface area is 230 Å². The quantitative estimate of drug-likeness (QED) is 0.377. The van der Waals surface area contributed by atoms with E-state index in [2.05, 4.69) is 9.97 Å². The smallest absolute Gasteiger partial charge is 0.330 e. The van der Waals surface area contributed by atoms with E-state index in [4.69, 9.17) is 18.9 Å². The van der Waals surface area contributed by atoms with E-state index in [1.807, 2.05) is 0 Å². The summed E-state index contributed by atoms with van der Waals surface area (Å²) in [5.74, 6) is -1.56. The van der Waals surface area contributed by atoms with E-state index in [0.29, 0.717) is 5.56 Å². The number of H-pyrrole nitrogens is 2. The second-order valence-electron chi connectivity index (χ2n) is 10.7. The molecule has 40 heavy (non-hydrogen) atoms. The number of ether oxygens (including phenoxy) is 4. The summed E-state index contributed by atoms with van der Waals surface area (Å²) in [7, 11) is 0. The van der Waals surface area contributed by atoms with Crippen LogP contribution in [0, 0.1) is 12.8 Å². The van der Waals surface area contributed by atoms with E-state index >= 15 is 0 Å². The number of aliphatic hydroxyl groups excluding tert-OH is 1. The molecule has 16 heteroatoms. The van der Waals surface area contributed by atoms with Gasteiger partial charge < -0.3 is 29.0 Å². The van der Waals surface area contributed by atoms with Crippen LogP contribution in [0.25, 0.3) is 0 Å². The number of rotatable bonds is 5. The first-order valence-corrected chi connectivity index (χ1v) is 13.9. The molecule has 0 bridgehead atoms. The number of aryl methyl sites for hydroxylation is 1. The number of thioether (sulfide) groups is 1. The van der Waals surface area contributed by atoms with Crippen LogP contribution in [0.3, 0.4) is 0 Å². The molecule has 0 saturated carbocycles. The molecule has 3 N–H and O–H groups in total. The topological polar surface area (TPSA) is 187 Å². The molecular weight excluding hydrogens is 550 g/mol. The minimum Gasteiger partial charge on any atom is -0.394 e. The Hall–Kier alpha value is -3.02. The zero-order valence-electron chi connectivity index (χ0n) is 21.8. The number of fused-ring (bicyclic) bond motifs is 1. The molecule has 6 heterocycles. The number of aliphatic hydroxyl groups is 1. The minimum atomic E-state index is -1.04. The summed E-state index contributed by atoms with van der Waals surface area (Å²) in [5.41, 5.74) is -2.07. The fraction of sp³-hybridized carbons (Fsp3) is 0.625. The molecule has 4 fully saturated rings. The normalized spacial score (nSPS) is 35.0. The molecule has 2 aromatic heterocycles. The van der Waals surface area contributed by atoms with Crippen LogP contribution in [0.15, 0.2) is 37.6 Å². The number of aromatic nitrogens is 4. The van der Waals surface area contributed by atoms with Gasteiger partial charge in [-0.05, 0) is 20.8 Å². The van der Waals surface area contributed by atoms with Gasteiger partial charge in [-0.2, -0.15) is 0 Å².